The zero-order valence-corrected chi connectivity index (χ0v) is 14.6. The molecule has 1 aliphatic carbocycles. The molecule has 2 aromatic rings. The first-order valence-electron chi connectivity index (χ1n) is 8.51. The molecule has 4 rings (SSSR count). The lowest BCUT2D eigenvalue weighted by Gasteiger charge is -2.35. The number of hydrogen-bond donors (Lipinski definition) is 0. The van der Waals surface area contributed by atoms with E-state index in [4.69, 9.17) is 4.74 Å². The molecule has 2 aliphatic rings. The van der Waals surface area contributed by atoms with Crippen molar-refractivity contribution in [3.05, 3.63) is 83.9 Å². The van der Waals surface area contributed by atoms with E-state index in [2.05, 4.69) is 77.7 Å². The van der Waals surface area contributed by atoms with Gasteiger partial charge < -0.3 is 4.74 Å². The van der Waals surface area contributed by atoms with E-state index in [1.165, 1.54) is 11.1 Å². The molecule has 1 saturated heterocycles. The average molecular weight is 342 g/mol. The summed E-state index contributed by atoms with van der Waals surface area (Å²) >= 11 is 0. The Labute approximate surface area is 150 Å². The Hall–Kier alpha value is -1.61. The summed E-state index contributed by atoms with van der Waals surface area (Å²) in [5, 5.41) is 0. The Morgan fingerprint density at radius 1 is 0.833 bits per heavy atom. The summed E-state index contributed by atoms with van der Waals surface area (Å²) in [7, 11) is 0. The smallest absolute Gasteiger partial charge is 0.0594 e. The predicted molar refractivity (Wildman–Crippen MR) is 101 cm³/mol. The van der Waals surface area contributed by atoms with Gasteiger partial charge in [-0.15, -0.1) is 12.4 Å². The van der Waals surface area contributed by atoms with E-state index in [-0.39, 0.29) is 17.8 Å². The molecule has 2 aromatic carbocycles. The minimum Gasteiger partial charge on any atom is -0.379 e. The van der Waals surface area contributed by atoms with E-state index in [1.807, 2.05) is 0 Å². The van der Waals surface area contributed by atoms with Crippen molar-refractivity contribution in [1.29, 1.82) is 0 Å². The van der Waals surface area contributed by atoms with Gasteiger partial charge in [-0.25, -0.2) is 0 Å². The molecule has 126 valence electrons. The third-order valence-electron chi connectivity index (χ3n) is 5.23. The molecule has 1 fully saturated rings. The Morgan fingerprint density at radius 3 is 1.92 bits per heavy atom. The number of allylic oxidation sites excluding steroid dienone is 1. The van der Waals surface area contributed by atoms with Crippen molar-refractivity contribution in [1.82, 2.24) is 4.90 Å². The van der Waals surface area contributed by atoms with Crippen molar-refractivity contribution in [2.45, 2.75) is 17.9 Å². The fourth-order valence-corrected chi connectivity index (χ4v) is 3.97. The van der Waals surface area contributed by atoms with E-state index < -0.39 is 0 Å². The predicted octanol–water partition coefficient (Wildman–Crippen LogP) is 4.06. The molecule has 0 aromatic heterocycles. The first kappa shape index (κ1) is 17.2. The second-order valence-electron chi connectivity index (χ2n) is 6.48. The van der Waals surface area contributed by atoms with Crippen LogP contribution in [-0.2, 0) is 10.2 Å². The number of halogens is 1. The van der Waals surface area contributed by atoms with Crippen LogP contribution in [0, 0.1) is 0 Å². The van der Waals surface area contributed by atoms with E-state index in [0.717, 1.165) is 32.7 Å². The average Bonchev–Trinajstić information content (AvgIpc) is 3.11. The van der Waals surface area contributed by atoms with Crippen molar-refractivity contribution >= 4 is 12.4 Å². The lowest BCUT2D eigenvalue weighted by Crippen LogP contribution is -2.43. The molecule has 0 saturated carbocycles. The normalized spacial score (nSPS) is 22.9. The van der Waals surface area contributed by atoms with E-state index in [1.54, 1.807) is 0 Å². The Kier molecular flexibility index (Phi) is 5.40. The summed E-state index contributed by atoms with van der Waals surface area (Å²) in [6.45, 7) is 3.78. The number of rotatable bonds is 3. The van der Waals surface area contributed by atoms with Gasteiger partial charge in [0.15, 0.2) is 0 Å². The minimum atomic E-state index is -0.00844. The van der Waals surface area contributed by atoms with Gasteiger partial charge in [-0.3, -0.25) is 4.90 Å². The molecule has 1 atom stereocenters. The molecule has 0 spiro atoms. The molecule has 0 N–H and O–H groups in total. The maximum Gasteiger partial charge on any atom is 0.0594 e. The van der Waals surface area contributed by atoms with Crippen molar-refractivity contribution in [2.24, 2.45) is 0 Å². The van der Waals surface area contributed by atoms with Crippen molar-refractivity contribution in [3.8, 4) is 0 Å². The van der Waals surface area contributed by atoms with Crippen LogP contribution < -0.4 is 0 Å². The molecule has 0 radical (unpaired) electrons. The second kappa shape index (κ2) is 7.52. The van der Waals surface area contributed by atoms with Gasteiger partial charge in [-0.1, -0.05) is 72.8 Å². The summed E-state index contributed by atoms with van der Waals surface area (Å²) in [6, 6.07) is 22.3. The zero-order valence-electron chi connectivity index (χ0n) is 13.8. The Bertz CT molecular complexity index is 625. The molecule has 0 amide bonds. The molecule has 0 bridgehead atoms. The maximum atomic E-state index is 5.51. The van der Waals surface area contributed by atoms with E-state index >= 15 is 0 Å². The molecule has 1 heterocycles. The quantitative estimate of drug-likeness (QED) is 0.781. The summed E-state index contributed by atoms with van der Waals surface area (Å²) in [5.74, 6) is 0. The van der Waals surface area contributed by atoms with Gasteiger partial charge in [0.25, 0.3) is 0 Å². The van der Waals surface area contributed by atoms with E-state index in [0.29, 0.717) is 6.04 Å². The number of hydrogen-bond acceptors (Lipinski definition) is 2. The standard InChI is InChI=1S/C21H23NO.ClH/c1-3-7-18(8-4-1)21(19-9-5-2-6-10-19)12-11-20(17-21)22-13-15-23-16-14-22;/h1-12,20H,13-17H2;1H. The molecule has 2 nitrogen and oxygen atoms in total. The highest BCUT2D eigenvalue weighted by molar-refractivity contribution is 5.85. The first-order chi connectivity index (χ1) is 11.4. The van der Waals surface area contributed by atoms with Crippen LogP contribution in [0.3, 0.4) is 0 Å². The number of benzene rings is 2. The summed E-state index contributed by atoms with van der Waals surface area (Å²) in [4.78, 5) is 2.56. The minimum absolute atomic E-state index is 0. The molecular formula is C21H24ClNO. The second-order valence-corrected chi connectivity index (χ2v) is 6.48. The first-order valence-corrected chi connectivity index (χ1v) is 8.51. The summed E-state index contributed by atoms with van der Waals surface area (Å²) < 4.78 is 5.51. The Morgan fingerprint density at radius 2 is 1.38 bits per heavy atom. The largest absolute Gasteiger partial charge is 0.379 e. The molecule has 24 heavy (non-hydrogen) atoms. The van der Waals surface area contributed by atoms with Crippen LogP contribution >= 0.6 is 12.4 Å². The van der Waals surface area contributed by atoms with Crippen molar-refractivity contribution in [2.75, 3.05) is 26.3 Å². The molecule has 1 aliphatic heterocycles. The SMILES string of the molecule is C1=CC(c2ccccc2)(c2ccccc2)CC1N1CCOCC1.Cl. The van der Waals surface area contributed by atoms with Crippen LogP contribution in [0.1, 0.15) is 17.5 Å². The fourth-order valence-electron chi connectivity index (χ4n) is 3.97. The highest BCUT2D eigenvalue weighted by Gasteiger charge is 2.39. The third kappa shape index (κ3) is 3.14. The van der Waals surface area contributed by atoms with Crippen molar-refractivity contribution in [3.63, 3.8) is 0 Å². The maximum absolute atomic E-state index is 5.51. The summed E-state index contributed by atoms with van der Waals surface area (Å²) in [5.41, 5.74) is 2.77. The van der Waals surface area contributed by atoms with Crippen LogP contribution in [-0.4, -0.2) is 37.2 Å². The molecular weight excluding hydrogens is 318 g/mol. The highest BCUT2D eigenvalue weighted by atomic mass is 35.5. The van der Waals surface area contributed by atoms with Gasteiger partial charge in [0, 0.05) is 24.5 Å². The summed E-state index contributed by atoms with van der Waals surface area (Å²) in [6.07, 6.45) is 5.95. The van der Waals surface area contributed by atoms with Crippen LogP contribution in [0.5, 0.6) is 0 Å². The van der Waals surface area contributed by atoms with Gasteiger partial charge in [0.1, 0.15) is 0 Å². The number of ether oxygens (including phenoxy) is 1. The van der Waals surface area contributed by atoms with Gasteiger partial charge >= 0.3 is 0 Å². The van der Waals surface area contributed by atoms with Crippen LogP contribution in [0.2, 0.25) is 0 Å². The van der Waals surface area contributed by atoms with Gasteiger partial charge in [0.05, 0.1) is 13.2 Å². The number of nitrogens with zero attached hydrogens (tertiary/aromatic N) is 1. The van der Waals surface area contributed by atoms with Gasteiger partial charge in [-0.2, -0.15) is 0 Å². The Balaban J connectivity index is 0.00000169. The zero-order chi connectivity index (χ0) is 15.5. The lowest BCUT2D eigenvalue weighted by molar-refractivity contribution is 0.0241. The molecule has 3 heteroatoms. The van der Waals surface area contributed by atoms with Crippen molar-refractivity contribution < 1.29 is 4.74 Å². The van der Waals surface area contributed by atoms with Crippen LogP contribution in [0.25, 0.3) is 0 Å². The fraction of sp³-hybridized carbons (Fsp3) is 0.333. The van der Waals surface area contributed by atoms with Crippen LogP contribution in [0.15, 0.2) is 72.8 Å². The van der Waals surface area contributed by atoms with Crippen LogP contribution in [0.4, 0.5) is 0 Å². The monoisotopic (exact) mass is 341 g/mol. The van der Waals surface area contributed by atoms with Gasteiger partial charge in [-0.05, 0) is 17.5 Å². The molecule has 1 unspecified atom stereocenters. The number of morpholine rings is 1. The van der Waals surface area contributed by atoms with Gasteiger partial charge in [0.2, 0.25) is 0 Å². The topological polar surface area (TPSA) is 12.5 Å². The third-order valence-corrected chi connectivity index (χ3v) is 5.23. The lowest BCUT2D eigenvalue weighted by atomic mass is 9.73. The highest BCUT2D eigenvalue weighted by Crippen LogP contribution is 2.43. The van der Waals surface area contributed by atoms with E-state index in [9.17, 15) is 0 Å².